The number of hydrogen-bond donors (Lipinski definition) is 2. The van der Waals surface area contributed by atoms with Gasteiger partial charge in [-0.15, -0.1) is 0 Å². The smallest absolute Gasteiger partial charge is 0.408 e. The molecule has 9 nitrogen and oxygen atoms in total. The number of carbonyl (C=O) groups excluding carboxylic acids is 2. The number of rotatable bonds is 8. The largest absolute Gasteiger partial charge is 0.459 e. The number of nitro benzene ring substituents is 1. The first-order valence-corrected chi connectivity index (χ1v) is 6.53. The molecule has 0 saturated heterocycles. The summed E-state index contributed by atoms with van der Waals surface area (Å²) in [4.78, 5) is 33.0. The van der Waals surface area contributed by atoms with E-state index >= 15 is 0 Å². The molecule has 1 amide bonds. The maximum absolute atomic E-state index is 11.8. The van der Waals surface area contributed by atoms with E-state index in [9.17, 15) is 19.7 Å². The van der Waals surface area contributed by atoms with Crippen LogP contribution in [0.1, 0.15) is 5.56 Å². The Morgan fingerprint density at radius 2 is 2.00 bits per heavy atom. The predicted molar refractivity (Wildman–Crippen MR) is 78.4 cm³/mol. The number of hydrogen-bond acceptors (Lipinski definition) is 7. The monoisotopic (exact) mass is 324 g/mol. The van der Waals surface area contributed by atoms with Crippen molar-refractivity contribution in [3.05, 3.63) is 52.6 Å². The molecule has 1 rings (SSSR count). The Morgan fingerprint density at radius 1 is 1.35 bits per heavy atom. The Hall–Kier alpha value is -2.94. The number of nitrogens with zero attached hydrogens (tertiary/aromatic N) is 1. The first-order valence-electron chi connectivity index (χ1n) is 6.53. The number of aliphatic hydroxyl groups is 1. The maximum Gasteiger partial charge on any atom is 0.408 e. The molecule has 0 saturated carbocycles. The van der Waals surface area contributed by atoms with Gasteiger partial charge in [0.2, 0.25) is 0 Å². The van der Waals surface area contributed by atoms with Crippen molar-refractivity contribution in [1.29, 1.82) is 0 Å². The SMILES string of the molecule is C=CCOC(=O)N[C@@H](CO)C(=O)OCc1ccc([N+](=O)[O-])cc1. The summed E-state index contributed by atoms with van der Waals surface area (Å²) in [5.74, 6) is -0.860. The number of nitrogens with one attached hydrogen (secondary N) is 1. The van der Waals surface area contributed by atoms with Crippen LogP contribution in [-0.4, -0.2) is 41.3 Å². The lowest BCUT2D eigenvalue weighted by atomic mass is 10.2. The van der Waals surface area contributed by atoms with Crippen LogP contribution < -0.4 is 5.32 Å². The van der Waals surface area contributed by atoms with Crippen LogP contribution in [0.3, 0.4) is 0 Å². The second-order valence-electron chi connectivity index (χ2n) is 4.30. The Kier molecular flexibility index (Phi) is 7.21. The fraction of sp³-hybridized carbons (Fsp3) is 0.286. The average Bonchev–Trinajstić information content (AvgIpc) is 2.55. The summed E-state index contributed by atoms with van der Waals surface area (Å²) in [6.07, 6.45) is 0.455. The molecule has 0 unspecified atom stereocenters. The fourth-order valence-electron chi connectivity index (χ4n) is 1.47. The second kappa shape index (κ2) is 9.15. The first-order chi connectivity index (χ1) is 11.0. The van der Waals surface area contributed by atoms with E-state index in [1.54, 1.807) is 0 Å². The molecular weight excluding hydrogens is 308 g/mol. The van der Waals surface area contributed by atoms with Crippen LogP contribution in [0.5, 0.6) is 0 Å². The lowest BCUT2D eigenvalue weighted by molar-refractivity contribution is -0.384. The molecule has 1 atom stereocenters. The Morgan fingerprint density at radius 3 is 2.52 bits per heavy atom. The molecule has 0 aliphatic heterocycles. The highest BCUT2D eigenvalue weighted by Crippen LogP contribution is 2.12. The zero-order valence-corrected chi connectivity index (χ0v) is 12.1. The number of nitro groups is 1. The molecule has 0 heterocycles. The van der Waals surface area contributed by atoms with Gasteiger partial charge in [0.05, 0.1) is 11.5 Å². The molecule has 0 spiro atoms. The van der Waals surface area contributed by atoms with E-state index in [2.05, 4.69) is 16.6 Å². The number of alkyl carbamates (subject to hydrolysis) is 1. The zero-order chi connectivity index (χ0) is 17.2. The topological polar surface area (TPSA) is 128 Å². The van der Waals surface area contributed by atoms with E-state index in [1.165, 1.54) is 30.3 Å². The van der Waals surface area contributed by atoms with Crippen molar-refractivity contribution in [1.82, 2.24) is 5.32 Å². The van der Waals surface area contributed by atoms with Gasteiger partial charge in [-0.3, -0.25) is 10.1 Å². The van der Waals surface area contributed by atoms with Crippen molar-refractivity contribution in [2.45, 2.75) is 12.6 Å². The van der Waals surface area contributed by atoms with Crippen LogP contribution in [0.15, 0.2) is 36.9 Å². The summed E-state index contributed by atoms with van der Waals surface area (Å²) in [5.41, 5.74) is 0.440. The number of esters is 1. The van der Waals surface area contributed by atoms with E-state index in [4.69, 9.17) is 9.84 Å². The summed E-state index contributed by atoms with van der Waals surface area (Å²) in [6.45, 7) is 2.50. The van der Waals surface area contributed by atoms with Crippen LogP contribution in [0.4, 0.5) is 10.5 Å². The number of non-ortho nitro benzene ring substituents is 1. The first kappa shape index (κ1) is 18.1. The molecule has 0 radical (unpaired) electrons. The van der Waals surface area contributed by atoms with Crippen LogP contribution in [0.25, 0.3) is 0 Å². The Labute approximate surface area is 131 Å². The van der Waals surface area contributed by atoms with Gasteiger partial charge in [0, 0.05) is 12.1 Å². The molecule has 1 aromatic rings. The number of benzene rings is 1. The standard InChI is InChI=1S/C14H16N2O7/c1-2-7-22-14(19)15-12(8-17)13(18)23-9-10-3-5-11(6-4-10)16(20)21/h2-6,12,17H,1,7-9H2,(H,15,19)/t12-/m0/s1. The van der Waals surface area contributed by atoms with Crippen LogP contribution in [0, 0.1) is 10.1 Å². The number of carbonyl (C=O) groups is 2. The van der Waals surface area contributed by atoms with Gasteiger partial charge in [-0.2, -0.15) is 0 Å². The van der Waals surface area contributed by atoms with Crippen molar-refractivity contribution in [2.24, 2.45) is 0 Å². The van der Waals surface area contributed by atoms with Gasteiger partial charge in [-0.25, -0.2) is 9.59 Å². The average molecular weight is 324 g/mol. The van der Waals surface area contributed by atoms with E-state index in [-0.39, 0.29) is 18.9 Å². The second-order valence-corrected chi connectivity index (χ2v) is 4.30. The van der Waals surface area contributed by atoms with E-state index < -0.39 is 29.6 Å². The van der Waals surface area contributed by atoms with Gasteiger partial charge in [-0.1, -0.05) is 12.7 Å². The lowest BCUT2D eigenvalue weighted by Crippen LogP contribution is -2.44. The molecule has 0 aliphatic carbocycles. The van der Waals surface area contributed by atoms with Gasteiger partial charge in [0.15, 0.2) is 6.04 Å². The van der Waals surface area contributed by atoms with Crippen LogP contribution in [-0.2, 0) is 20.9 Å². The van der Waals surface area contributed by atoms with Gasteiger partial charge in [-0.05, 0) is 17.7 Å². The van der Waals surface area contributed by atoms with Crippen molar-refractivity contribution in [3.8, 4) is 0 Å². The summed E-state index contributed by atoms with van der Waals surface area (Å²) in [6, 6.07) is 4.15. The number of amides is 1. The molecule has 2 N–H and O–H groups in total. The number of aliphatic hydroxyl groups excluding tert-OH is 1. The van der Waals surface area contributed by atoms with E-state index in [0.717, 1.165) is 0 Å². The molecule has 1 aromatic carbocycles. The molecule has 0 aromatic heterocycles. The summed E-state index contributed by atoms with van der Waals surface area (Å²) < 4.78 is 9.55. The highest BCUT2D eigenvalue weighted by Gasteiger charge is 2.22. The normalized spacial score (nSPS) is 11.2. The van der Waals surface area contributed by atoms with Crippen LogP contribution >= 0.6 is 0 Å². The van der Waals surface area contributed by atoms with E-state index in [0.29, 0.717) is 5.56 Å². The summed E-state index contributed by atoms with van der Waals surface area (Å²) in [5, 5.41) is 21.8. The van der Waals surface area contributed by atoms with Gasteiger partial charge in [0.1, 0.15) is 13.2 Å². The third-order valence-corrected chi connectivity index (χ3v) is 2.62. The Balaban J connectivity index is 2.51. The van der Waals surface area contributed by atoms with Crippen molar-refractivity contribution < 1.29 is 29.1 Å². The summed E-state index contributed by atoms with van der Waals surface area (Å²) in [7, 11) is 0. The van der Waals surface area contributed by atoms with Crippen molar-refractivity contribution in [2.75, 3.05) is 13.2 Å². The molecule has 9 heteroatoms. The minimum Gasteiger partial charge on any atom is -0.459 e. The molecule has 23 heavy (non-hydrogen) atoms. The molecule has 124 valence electrons. The zero-order valence-electron chi connectivity index (χ0n) is 12.1. The molecule has 0 bridgehead atoms. The Bertz CT molecular complexity index is 571. The molecular formula is C14H16N2O7. The fourth-order valence-corrected chi connectivity index (χ4v) is 1.47. The molecule has 0 fully saturated rings. The summed E-state index contributed by atoms with van der Waals surface area (Å²) >= 11 is 0. The van der Waals surface area contributed by atoms with Crippen LogP contribution in [0.2, 0.25) is 0 Å². The minimum absolute atomic E-state index is 0.0399. The highest BCUT2D eigenvalue weighted by molar-refractivity contribution is 5.81. The molecule has 0 aliphatic rings. The van der Waals surface area contributed by atoms with Gasteiger partial charge >= 0.3 is 12.1 Å². The third-order valence-electron chi connectivity index (χ3n) is 2.62. The third kappa shape index (κ3) is 6.14. The maximum atomic E-state index is 11.8. The van der Waals surface area contributed by atoms with Gasteiger partial charge in [0.25, 0.3) is 5.69 Å². The van der Waals surface area contributed by atoms with Crippen molar-refractivity contribution >= 4 is 17.7 Å². The number of ether oxygens (including phenoxy) is 2. The van der Waals surface area contributed by atoms with Gasteiger partial charge < -0.3 is 19.9 Å². The van der Waals surface area contributed by atoms with Crippen molar-refractivity contribution in [3.63, 3.8) is 0 Å². The minimum atomic E-state index is -1.27. The quantitative estimate of drug-likeness (QED) is 0.315. The highest BCUT2D eigenvalue weighted by atomic mass is 16.6. The lowest BCUT2D eigenvalue weighted by Gasteiger charge is -2.15. The van der Waals surface area contributed by atoms with E-state index in [1.807, 2.05) is 0 Å². The predicted octanol–water partition coefficient (Wildman–Crippen LogP) is 0.911.